The molecule has 0 radical (unpaired) electrons. The van der Waals surface area contributed by atoms with Gasteiger partial charge < -0.3 is 16.0 Å². The average molecular weight is 511 g/mol. The molecule has 0 spiro atoms. The second kappa shape index (κ2) is 9.83. The highest BCUT2D eigenvalue weighted by molar-refractivity contribution is 9.10. The van der Waals surface area contributed by atoms with Crippen molar-refractivity contribution in [3.63, 3.8) is 0 Å². The van der Waals surface area contributed by atoms with Crippen molar-refractivity contribution >= 4 is 56.4 Å². The van der Waals surface area contributed by atoms with Gasteiger partial charge in [-0.25, -0.2) is 4.39 Å². The fourth-order valence-corrected chi connectivity index (χ4v) is 3.76. The first-order chi connectivity index (χ1) is 15.9. The molecule has 3 aromatic carbocycles. The highest BCUT2D eigenvalue weighted by atomic mass is 79.9. The topological polar surface area (TPSA) is 90.5 Å². The number of halogens is 2. The molecule has 3 aromatic rings. The Bertz CT molecular complexity index is 1190. The van der Waals surface area contributed by atoms with E-state index in [0.717, 1.165) is 4.47 Å². The molecule has 0 saturated heterocycles. The van der Waals surface area contributed by atoms with Gasteiger partial charge in [0.1, 0.15) is 18.4 Å². The van der Waals surface area contributed by atoms with E-state index in [-0.39, 0.29) is 18.9 Å². The number of carbonyl (C=O) groups is 3. The van der Waals surface area contributed by atoms with Crippen molar-refractivity contribution in [1.82, 2.24) is 0 Å². The first-order valence-electron chi connectivity index (χ1n) is 10.2. The van der Waals surface area contributed by atoms with Gasteiger partial charge in [-0.1, -0.05) is 28.1 Å². The smallest absolute Gasteiger partial charge is 0.250 e. The Morgan fingerprint density at radius 1 is 0.909 bits per heavy atom. The number of amides is 3. The van der Waals surface area contributed by atoms with Crippen molar-refractivity contribution in [2.24, 2.45) is 0 Å². The Hall–Kier alpha value is -3.72. The lowest BCUT2D eigenvalue weighted by atomic mass is 10.1. The highest BCUT2D eigenvalue weighted by Crippen LogP contribution is 2.32. The van der Waals surface area contributed by atoms with Crippen LogP contribution in [0.15, 0.2) is 77.3 Å². The zero-order valence-electron chi connectivity index (χ0n) is 17.3. The molecule has 7 nitrogen and oxygen atoms in total. The summed E-state index contributed by atoms with van der Waals surface area (Å²) in [6.07, 6.45) is -0.157. The predicted molar refractivity (Wildman–Crippen MR) is 129 cm³/mol. The minimum absolute atomic E-state index is 0.157. The number of hydrogen-bond donors (Lipinski definition) is 3. The summed E-state index contributed by atoms with van der Waals surface area (Å²) in [5.41, 5.74) is 2.24. The summed E-state index contributed by atoms with van der Waals surface area (Å²) >= 11 is 3.35. The predicted octanol–water partition coefficient (Wildman–Crippen LogP) is 4.38. The third kappa shape index (κ3) is 5.56. The molecule has 4 rings (SSSR count). The number of hydrogen-bond acceptors (Lipinski definition) is 4. The fraction of sp³-hybridized carbons (Fsp3) is 0.125. The van der Waals surface area contributed by atoms with Crippen molar-refractivity contribution in [3.05, 3.63) is 83.1 Å². The summed E-state index contributed by atoms with van der Waals surface area (Å²) in [7, 11) is 0. The number of nitrogens with one attached hydrogen (secondary N) is 3. The van der Waals surface area contributed by atoms with E-state index in [2.05, 4.69) is 31.9 Å². The number of fused-ring (bicyclic) bond motifs is 1. The first kappa shape index (κ1) is 22.5. The van der Waals surface area contributed by atoms with Crippen LogP contribution < -0.4 is 20.9 Å². The molecule has 9 heteroatoms. The molecular formula is C24H20BrFN4O3. The molecule has 0 unspecified atom stereocenters. The molecule has 0 saturated carbocycles. The van der Waals surface area contributed by atoms with Gasteiger partial charge in [0.05, 0.1) is 17.8 Å². The summed E-state index contributed by atoms with van der Waals surface area (Å²) in [6, 6.07) is 18.7. The number of nitrogens with zero attached hydrogens (tertiary/aromatic N) is 1. The van der Waals surface area contributed by atoms with Crippen LogP contribution in [0.1, 0.15) is 6.42 Å². The van der Waals surface area contributed by atoms with Gasteiger partial charge >= 0.3 is 0 Å². The lowest BCUT2D eigenvalue weighted by Crippen LogP contribution is -2.50. The van der Waals surface area contributed by atoms with E-state index in [1.807, 2.05) is 0 Å². The normalized spacial score (nSPS) is 14.8. The quantitative estimate of drug-likeness (QED) is 0.458. The Morgan fingerprint density at radius 2 is 1.52 bits per heavy atom. The van der Waals surface area contributed by atoms with E-state index >= 15 is 0 Å². The second-order valence-corrected chi connectivity index (χ2v) is 8.37. The van der Waals surface area contributed by atoms with Gasteiger partial charge in [0.25, 0.3) is 5.91 Å². The SMILES string of the molecule is O=C(C[C@H]1Nc2ccccc2N(CC(=O)Nc2ccc(Br)cc2)C1=O)Nc1ccc(F)cc1. The van der Waals surface area contributed by atoms with Crippen molar-refractivity contribution in [1.29, 1.82) is 0 Å². The van der Waals surface area contributed by atoms with Crippen LogP contribution >= 0.6 is 15.9 Å². The van der Waals surface area contributed by atoms with Crippen LogP contribution in [0.4, 0.5) is 27.1 Å². The molecule has 1 aliphatic rings. The van der Waals surface area contributed by atoms with E-state index in [9.17, 15) is 18.8 Å². The molecule has 1 heterocycles. The maximum absolute atomic E-state index is 13.2. The number of carbonyl (C=O) groups excluding carboxylic acids is 3. The zero-order chi connectivity index (χ0) is 23.4. The van der Waals surface area contributed by atoms with Gasteiger partial charge in [0, 0.05) is 15.8 Å². The number of para-hydroxylation sites is 2. The number of benzene rings is 3. The van der Waals surface area contributed by atoms with Gasteiger partial charge in [-0.15, -0.1) is 0 Å². The maximum Gasteiger partial charge on any atom is 0.250 e. The largest absolute Gasteiger partial charge is 0.372 e. The Morgan fingerprint density at radius 3 is 2.21 bits per heavy atom. The summed E-state index contributed by atoms with van der Waals surface area (Å²) in [6.45, 7) is -0.205. The molecule has 33 heavy (non-hydrogen) atoms. The molecule has 0 bridgehead atoms. The van der Waals surface area contributed by atoms with Crippen molar-refractivity contribution in [3.8, 4) is 0 Å². The summed E-state index contributed by atoms with van der Waals surface area (Å²) in [5, 5.41) is 8.51. The average Bonchev–Trinajstić information content (AvgIpc) is 2.79. The van der Waals surface area contributed by atoms with Crippen LogP contribution in [-0.2, 0) is 14.4 Å². The number of rotatable bonds is 6. The standard InChI is InChI=1S/C24H20BrFN4O3/c25-15-5-9-17(10-6-15)28-23(32)14-30-21-4-2-1-3-19(21)29-20(24(30)33)13-22(31)27-18-11-7-16(26)8-12-18/h1-12,20,29H,13-14H2,(H,27,31)(H,28,32)/t20-/m1/s1. The minimum Gasteiger partial charge on any atom is -0.372 e. The zero-order valence-corrected chi connectivity index (χ0v) is 18.9. The van der Waals surface area contributed by atoms with Gasteiger partial charge in [0.15, 0.2) is 0 Å². The number of anilines is 4. The van der Waals surface area contributed by atoms with Crippen molar-refractivity contribution in [2.45, 2.75) is 12.5 Å². The Kier molecular flexibility index (Phi) is 6.69. The molecule has 0 aromatic heterocycles. The molecule has 1 atom stereocenters. The van der Waals surface area contributed by atoms with E-state index in [1.54, 1.807) is 48.5 Å². The molecular weight excluding hydrogens is 491 g/mol. The van der Waals surface area contributed by atoms with E-state index < -0.39 is 23.7 Å². The van der Waals surface area contributed by atoms with E-state index in [1.165, 1.54) is 29.2 Å². The monoisotopic (exact) mass is 510 g/mol. The molecule has 1 aliphatic heterocycles. The molecule has 0 fully saturated rings. The molecule has 3 amide bonds. The second-order valence-electron chi connectivity index (χ2n) is 7.45. The van der Waals surface area contributed by atoms with Crippen LogP contribution in [0.5, 0.6) is 0 Å². The van der Waals surface area contributed by atoms with Crippen LogP contribution in [0.25, 0.3) is 0 Å². The van der Waals surface area contributed by atoms with E-state index in [4.69, 9.17) is 0 Å². The lowest BCUT2D eigenvalue weighted by molar-refractivity contribution is -0.124. The van der Waals surface area contributed by atoms with Crippen molar-refractivity contribution < 1.29 is 18.8 Å². The van der Waals surface area contributed by atoms with Gasteiger partial charge in [-0.3, -0.25) is 19.3 Å². The lowest BCUT2D eigenvalue weighted by Gasteiger charge is -2.34. The third-order valence-electron chi connectivity index (χ3n) is 5.04. The Balaban J connectivity index is 1.47. The highest BCUT2D eigenvalue weighted by Gasteiger charge is 2.34. The van der Waals surface area contributed by atoms with E-state index in [0.29, 0.717) is 22.7 Å². The summed E-state index contributed by atoms with van der Waals surface area (Å²) in [5.74, 6) is -1.58. The van der Waals surface area contributed by atoms with Gasteiger partial charge in [0.2, 0.25) is 11.8 Å². The molecule has 3 N–H and O–H groups in total. The van der Waals surface area contributed by atoms with Gasteiger partial charge in [-0.05, 0) is 60.7 Å². The van der Waals surface area contributed by atoms with Crippen LogP contribution in [-0.4, -0.2) is 30.3 Å². The molecule has 168 valence electrons. The fourth-order valence-electron chi connectivity index (χ4n) is 3.50. The van der Waals surface area contributed by atoms with Gasteiger partial charge in [-0.2, -0.15) is 0 Å². The summed E-state index contributed by atoms with van der Waals surface area (Å²) < 4.78 is 14.0. The minimum atomic E-state index is -0.860. The Labute approximate surface area is 198 Å². The summed E-state index contributed by atoms with van der Waals surface area (Å²) in [4.78, 5) is 39.8. The van der Waals surface area contributed by atoms with Crippen LogP contribution in [0.2, 0.25) is 0 Å². The van der Waals surface area contributed by atoms with Crippen LogP contribution in [0.3, 0.4) is 0 Å². The molecule has 0 aliphatic carbocycles. The maximum atomic E-state index is 13.2. The van der Waals surface area contributed by atoms with Crippen LogP contribution in [0, 0.1) is 5.82 Å². The van der Waals surface area contributed by atoms with Crippen molar-refractivity contribution in [2.75, 3.05) is 27.4 Å². The first-order valence-corrected chi connectivity index (χ1v) is 11.0. The third-order valence-corrected chi connectivity index (χ3v) is 5.56.